The first-order valence-corrected chi connectivity index (χ1v) is 10.3. The SMILES string of the molecule is CC[C@H](C)c1ccc(C(=O)COC(=O)c2cccc(OCc3c(C)noc3C)c2)cc1. The van der Waals surface area contributed by atoms with Gasteiger partial charge in [0.15, 0.2) is 12.4 Å². The van der Waals surface area contributed by atoms with E-state index in [4.69, 9.17) is 14.0 Å². The molecule has 0 radical (unpaired) electrons. The first-order valence-electron chi connectivity index (χ1n) is 10.3. The molecule has 0 aliphatic heterocycles. The van der Waals surface area contributed by atoms with Gasteiger partial charge < -0.3 is 14.0 Å². The van der Waals surface area contributed by atoms with Gasteiger partial charge in [-0.05, 0) is 49.9 Å². The van der Waals surface area contributed by atoms with Crippen molar-refractivity contribution in [2.24, 2.45) is 0 Å². The van der Waals surface area contributed by atoms with Crippen LogP contribution in [0.4, 0.5) is 0 Å². The molecule has 0 aliphatic rings. The summed E-state index contributed by atoms with van der Waals surface area (Å²) >= 11 is 0. The largest absolute Gasteiger partial charge is 0.489 e. The van der Waals surface area contributed by atoms with Gasteiger partial charge >= 0.3 is 5.97 Å². The number of carbonyl (C=O) groups is 2. The lowest BCUT2D eigenvalue weighted by Gasteiger charge is -2.10. The number of rotatable bonds is 9. The molecule has 3 rings (SSSR count). The van der Waals surface area contributed by atoms with E-state index < -0.39 is 5.97 Å². The van der Waals surface area contributed by atoms with Crippen LogP contribution in [0.25, 0.3) is 0 Å². The predicted octanol–water partition coefficient (Wildman–Crippen LogP) is 5.42. The number of hydrogen-bond donors (Lipinski definition) is 0. The maximum atomic E-state index is 12.4. The molecule has 0 fully saturated rings. The Morgan fingerprint density at radius 2 is 1.81 bits per heavy atom. The number of ether oxygens (including phenoxy) is 2. The van der Waals surface area contributed by atoms with Crippen LogP contribution in [0.5, 0.6) is 5.75 Å². The van der Waals surface area contributed by atoms with Crippen LogP contribution in [0, 0.1) is 13.8 Å². The average Bonchev–Trinajstić information content (AvgIpc) is 3.12. The van der Waals surface area contributed by atoms with Crippen LogP contribution in [0.2, 0.25) is 0 Å². The van der Waals surface area contributed by atoms with Gasteiger partial charge in [-0.3, -0.25) is 4.79 Å². The summed E-state index contributed by atoms with van der Waals surface area (Å²) < 4.78 is 16.1. The maximum Gasteiger partial charge on any atom is 0.338 e. The van der Waals surface area contributed by atoms with Gasteiger partial charge in [-0.25, -0.2) is 4.79 Å². The van der Waals surface area contributed by atoms with Gasteiger partial charge in [0.05, 0.1) is 16.8 Å². The Morgan fingerprint density at radius 1 is 1.06 bits per heavy atom. The van der Waals surface area contributed by atoms with E-state index >= 15 is 0 Å². The number of hydrogen-bond acceptors (Lipinski definition) is 6. The Labute approximate surface area is 182 Å². The molecular weight excluding hydrogens is 394 g/mol. The van der Waals surface area contributed by atoms with E-state index in [1.54, 1.807) is 36.4 Å². The fraction of sp³-hybridized carbons (Fsp3) is 0.320. The average molecular weight is 421 g/mol. The number of aryl methyl sites for hydroxylation is 2. The summed E-state index contributed by atoms with van der Waals surface area (Å²) in [6.07, 6.45) is 1.03. The maximum absolute atomic E-state index is 12.4. The van der Waals surface area contributed by atoms with Crippen molar-refractivity contribution < 1.29 is 23.6 Å². The van der Waals surface area contributed by atoms with E-state index in [2.05, 4.69) is 19.0 Å². The first kappa shape index (κ1) is 22.3. The third kappa shape index (κ3) is 5.60. The van der Waals surface area contributed by atoms with Crippen molar-refractivity contribution in [2.45, 2.75) is 46.6 Å². The minimum atomic E-state index is -0.577. The number of Topliss-reactive ketones (excluding diaryl/α,β-unsaturated/α-hetero) is 1. The Hall–Kier alpha value is -3.41. The normalized spacial score (nSPS) is 11.7. The second-order valence-corrected chi connectivity index (χ2v) is 7.55. The minimum Gasteiger partial charge on any atom is -0.489 e. The van der Waals surface area contributed by atoms with Crippen LogP contribution >= 0.6 is 0 Å². The number of esters is 1. The van der Waals surface area contributed by atoms with Crippen molar-refractivity contribution in [2.75, 3.05) is 6.61 Å². The van der Waals surface area contributed by atoms with E-state index in [-0.39, 0.29) is 19.0 Å². The molecule has 0 aliphatic carbocycles. The van der Waals surface area contributed by atoms with Crippen molar-refractivity contribution in [3.8, 4) is 5.75 Å². The molecule has 2 aromatic carbocycles. The summed E-state index contributed by atoms with van der Waals surface area (Å²) in [5.41, 5.74) is 3.67. The minimum absolute atomic E-state index is 0.241. The summed E-state index contributed by atoms with van der Waals surface area (Å²) in [6.45, 7) is 7.90. The van der Waals surface area contributed by atoms with Gasteiger partial charge in [0.1, 0.15) is 18.1 Å². The Balaban J connectivity index is 1.56. The first-order chi connectivity index (χ1) is 14.9. The Kier molecular flexibility index (Phi) is 7.23. The van der Waals surface area contributed by atoms with Crippen LogP contribution in [-0.4, -0.2) is 23.5 Å². The molecule has 31 heavy (non-hydrogen) atoms. The lowest BCUT2D eigenvalue weighted by atomic mass is 9.97. The zero-order chi connectivity index (χ0) is 22.4. The van der Waals surface area contributed by atoms with Crippen molar-refractivity contribution in [1.82, 2.24) is 5.16 Å². The van der Waals surface area contributed by atoms with Gasteiger partial charge in [0, 0.05) is 5.56 Å². The molecule has 0 N–H and O–H groups in total. The van der Waals surface area contributed by atoms with E-state index in [1.165, 1.54) is 5.56 Å². The Morgan fingerprint density at radius 3 is 2.45 bits per heavy atom. The van der Waals surface area contributed by atoms with Crippen molar-refractivity contribution in [3.05, 3.63) is 82.2 Å². The molecule has 0 amide bonds. The highest BCUT2D eigenvalue weighted by Crippen LogP contribution is 2.20. The highest BCUT2D eigenvalue weighted by atomic mass is 16.5. The van der Waals surface area contributed by atoms with Crippen LogP contribution in [0.15, 0.2) is 53.1 Å². The summed E-state index contributed by atoms with van der Waals surface area (Å²) in [5.74, 6) is 0.835. The van der Waals surface area contributed by atoms with Crippen LogP contribution in [-0.2, 0) is 11.3 Å². The standard InChI is InChI=1S/C25H27NO5/c1-5-16(2)19-9-11-20(12-10-19)24(27)15-30-25(28)21-7-6-8-22(13-21)29-14-23-17(3)26-31-18(23)4/h6-13,16H,5,14-15H2,1-4H3/t16-/m0/s1. The molecule has 1 aromatic heterocycles. The van der Waals surface area contributed by atoms with E-state index in [9.17, 15) is 9.59 Å². The molecule has 1 atom stereocenters. The number of carbonyl (C=O) groups excluding carboxylic acids is 2. The number of nitrogens with zero attached hydrogens (tertiary/aromatic N) is 1. The highest BCUT2D eigenvalue weighted by molar-refractivity contribution is 5.99. The van der Waals surface area contributed by atoms with Crippen molar-refractivity contribution in [3.63, 3.8) is 0 Å². The van der Waals surface area contributed by atoms with Gasteiger partial charge in [-0.1, -0.05) is 49.3 Å². The fourth-order valence-corrected chi connectivity index (χ4v) is 3.11. The predicted molar refractivity (Wildman–Crippen MR) is 117 cm³/mol. The lowest BCUT2D eigenvalue weighted by molar-refractivity contribution is 0.0474. The number of aromatic nitrogens is 1. The van der Waals surface area contributed by atoms with Crippen LogP contribution < -0.4 is 4.74 Å². The molecule has 6 heteroatoms. The fourth-order valence-electron chi connectivity index (χ4n) is 3.11. The molecule has 0 saturated carbocycles. The molecule has 6 nitrogen and oxygen atoms in total. The molecule has 0 spiro atoms. The summed E-state index contributed by atoms with van der Waals surface area (Å²) in [6, 6.07) is 14.1. The van der Waals surface area contributed by atoms with Gasteiger partial charge in [-0.2, -0.15) is 0 Å². The summed E-state index contributed by atoms with van der Waals surface area (Å²) in [4.78, 5) is 24.8. The van der Waals surface area contributed by atoms with Crippen LogP contribution in [0.3, 0.4) is 0 Å². The number of benzene rings is 2. The van der Waals surface area contributed by atoms with Gasteiger partial charge in [-0.15, -0.1) is 0 Å². The second kappa shape index (κ2) is 10.1. The summed E-state index contributed by atoms with van der Waals surface area (Å²) in [5, 5.41) is 3.90. The third-order valence-corrected chi connectivity index (χ3v) is 5.38. The van der Waals surface area contributed by atoms with Gasteiger partial charge in [0.2, 0.25) is 0 Å². The van der Waals surface area contributed by atoms with Crippen molar-refractivity contribution in [1.29, 1.82) is 0 Å². The zero-order valence-corrected chi connectivity index (χ0v) is 18.3. The van der Waals surface area contributed by atoms with Crippen molar-refractivity contribution >= 4 is 11.8 Å². The molecular formula is C25H27NO5. The van der Waals surface area contributed by atoms with Gasteiger partial charge in [0.25, 0.3) is 0 Å². The second-order valence-electron chi connectivity index (χ2n) is 7.55. The lowest BCUT2D eigenvalue weighted by Crippen LogP contribution is -2.14. The molecule has 3 aromatic rings. The zero-order valence-electron chi connectivity index (χ0n) is 18.3. The van der Waals surface area contributed by atoms with Crippen LogP contribution in [0.1, 0.15) is 69.5 Å². The molecule has 162 valence electrons. The molecule has 0 saturated heterocycles. The number of ketones is 1. The topological polar surface area (TPSA) is 78.6 Å². The molecule has 0 unspecified atom stereocenters. The third-order valence-electron chi connectivity index (χ3n) is 5.38. The molecule has 0 bridgehead atoms. The molecule has 1 heterocycles. The van der Waals surface area contributed by atoms with E-state index in [1.807, 2.05) is 26.0 Å². The Bertz CT molecular complexity index is 1030. The van der Waals surface area contributed by atoms with E-state index in [0.29, 0.717) is 28.6 Å². The van der Waals surface area contributed by atoms with E-state index in [0.717, 1.165) is 17.7 Å². The smallest absolute Gasteiger partial charge is 0.338 e. The monoisotopic (exact) mass is 421 g/mol. The summed E-state index contributed by atoms with van der Waals surface area (Å²) in [7, 11) is 0. The quantitative estimate of drug-likeness (QED) is 0.339. The highest BCUT2D eigenvalue weighted by Gasteiger charge is 2.14.